The summed E-state index contributed by atoms with van der Waals surface area (Å²) in [6.07, 6.45) is -0.601. The van der Waals surface area contributed by atoms with E-state index >= 15 is 0 Å². The smallest absolute Gasteiger partial charge is 0.146 e. The minimum Gasteiger partial charge on any atom is -0.455 e. The average Bonchev–Trinajstić information content (AvgIpc) is 2.32. The van der Waals surface area contributed by atoms with Crippen LogP contribution in [0.3, 0.4) is 0 Å². The second-order valence-corrected chi connectivity index (χ2v) is 5.21. The normalized spacial score (nSPS) is 12.2. The molecule has 2 aromatic rings. The van der Waals surface area contributed by atoms with Gasteiger partial charge in [0, 0.05) is 10.0 Å². The summed E-state index contributed by atoms with van der Waals surface area (Å²) in [5.41, 5.74) is 0.720. The number of ether oxygens (including phenoxy) is 1. The van der Waals surface area contributed by atoms with Gasteiger partial charge in [0.15, 0.2) is 0 Å². The first-order valence-electron chi connectivity index (χ1n) is 5.48. The predicted octanol–water partition coefficient (Wildman–Crippen LogP) is 4.95. The number of hydrogen-bond donors (Lipinski definition) is 1. The lowest BCUT2D eigenvalue weighted by molar-refractivity contribution is 0.195. The van der Waals surface area contributed by atoms with E-state index in [2.05, 4.69) is 15.9 Å². The summed E-state index contributed by atoms with van der Waals surface area (Å²) >= 11 is 9.43. The largest absolute Gasteiger partial charge is 0.455 e. The molecule has 0 amide bonds. The van der Waals surface area contributed by atoms with E-state index in [9.17, 15) is 5.11 Å². The highest BCUT2D eigenvalue weighted by molar-refractivity contribution is 9.10. The molecule has 18 heavy (non-hydrogen) atoms. The lowest BCUT2D eigenvalue weighted by atomic mass is 10.1. The summed E-state index contributed by atoms with van der Waals surface area (Å²) in [6, 6.07) is 12.7. The van der Waals surface area contributed by atoms with Crippen LogP contribution < -0.4 is 4.74 Å². The molecule has 94 valence electrons. The van der Waals surface area contributed by atoms with Crippen LogP contribution >= 0.6 is 27.5 Å². The number of para-hydroxylation sites is 1. The molecule has 4 heteroatoms. The third-order valence-electron chi connectivity index (χ3n) is 2.48. The van der Waals surface area contributed by atoms with Gasteiger partial charge in [-0.3, -0.25) is 0 Å². The molecule has 2 rings (SSSR count). The summed E-state index contributed by atoms with van der Waals surface area (Å²) in [7, 11) is 0. The molecule has 0 aliphatic carbocycles. The van der Waals surface area contributed by atoms with Gasteiger partial charge < -0.3 is 9.84 Å². The van der Waals surface area contributed by atoms with Crippen molar-refractivity contribution >= 4 is 27.5 Å². The molecule has 1 unspecified atom stereocenters. The van der Waals surface area contributed by atoms with Gasteiger partial charge in [-0.2, -0.15) is 0 Å². The summed E-state index contributed by atoms with van der Waals surface area (Å²) in [4.78, 5) is 0. The van der Waals surface area contributed by atoms with Crippen LogP contribution in [-0.2, 0) is 0 Å². The standard InChI is InChI=1S/C14H12BrClO2/c1-9(17)11-7-6-10(15)8-14(11)18-13-5-3-2-4-12(13)16/h2-9,17H,1H3. The number of aliphatic hydroxyl groups is 1. The van der Waals surface area contributed by atoms with E-state index in [1.165, 1.54) is 0 Å². The molecule has 0 saturated carbocycles. The van der Waals surface area contributed by atoms with Crippen LogP contribution in [0.4, 0.5) is 0 Å². The summed E-state index contributed by atoms with van der Waals surface area (Å²) in [5.74, 6) is 1.16. The molecule has 1 N–H and O–H groups in total. The maximum atomic E-state index is 9.71. The number of aliphatic hydroxyl groups excluding tert-OH is 1. The Hall–Kier alpha value is -1.03. The van der Waals surface area contributed by atoms with E-state index in [0.29, 0.717) is 16.5 Å². The Labute approximate surface area is 119 Å². The fraction of sp³-hybridized carbons (Fsp3) is 0.143. The first kappa shape index (κ1) is 13.4. The number of hydrogen-bond acceptors (Lipinski definition) is 2. The summed E-state index contributed by atoms with van der Waals surface area (Å²) < 4.78 is 6.64. The molecule has 0 aromatic heterocycles. The van der Waals surface area contributed by atoms with Crippen LogP contribution in [-0.4, -0.2) is 5.11 Å². The van der Waals surface area contributed by atoms with Gasteiger partial charge in [0.1, 0.15) is 11.5 Å². The van der Waals surface area contributed by atoms with E-state index in [1.807, 2.05) is 30.3 Å². The zero-order chi connectivity index (χ0) is 13.1. The van der Waals surface area contributed by atoms with Gasteiger partial charge in [0.05, 0.1) is 11.1 Å². The SMILES string of the molecule is CC(O)c1ccc(Br)cc1Oc1ccccc1Cl. The van der Waals surface area contributed by atoms with E-state index in [1.54, 1.807) is 19.1 Å². The van der Waals surface area contributed by atoms with E-state index in [4.69, 9.17) is 16.3 Å². The van der Waals surface area contributed by atoms with Gasteiger partial charge in [0.25, 0.3) is 0 Å². The van der Waals surface area contributed by atoms with Crippen LogP contribution in [0, 0.1) is 0 Å². The van der Waals surface area contributed by atoms with Crippen molar-refractivity contribution in [1.29, 1.82) is 0 Å². The van der Waals surface area contributed by atoms with Crippen LogP contribution in [0.15, 0.2) is 46.9 Å². The van der Waals surface area contributed by atoms with Crippen LogP contribution in [0.25, 0.3) is 0 Å². The molecule has 0 spiro atoms. The molecule has 0 bridgehead atoms. The monoisotopic (exact) mass is 326 g/mol. The Kier molecular flexibility index (Phi) is 4.27. The van der Waals surface area contributed by atoms with Crippen LogP contribution in [0.1, 0.15) is 18.6 Å². The van der Waals surface area contributed by atoms with Crippen LogP contribution in [0.2, 0.25) is 5.02 Å². The van der Waals surface area contributed by atoms with Gasteiger partial charge >= 0.3 is 0 Å². The van der Waals surface area contributed by atoms with Gasteiger partial charge in [-0.05, 0) is 31.2 Å². The topological polar surface area (TPSA) is 29.5 Å². The van der Waals surface area contributed by atoms with E-state index in [0.717, 1.165) is 10.0 Å². The minimum absolute atomic E-state index is 0.536. The highest BCUT2D eigenvalue weighted by Gasteiger charge is 2.11. The third kappa shape index (κ3) is 3.05. The Morgan fingerprint density at radius 3 is 2.56 bits per heavy atom. The first-order valence-corrected chi connectivity index (χ1v) is 6.65. The number of benzene rings is 2. The fourth-order valence-electron chi connectivity index (χ4n) is 1.59. The van der Waals surface area contributed by atoms with Crippen molar-refractivity contribution in [1.82, 2.24) is 0 Å². The fourth-order valence-corrected chi connectivity index (χ4v) is 2.10. The lowest BCUT2D eigenvalue weighted by Gasteiger charge is -2.14. The second kappa shape index (κ2) is 5.74. The average molecular weight is 328 g/mol. The van der Waals surface area contributed by atoms with Crippen molar-refractivity contribution in [3.63, 3.8) is 0 Å². The van der Waals surface area contributed by atoms with Crippen molar-refractivity contribution < 1.29 is 9.84 Å². The Morgan fingerprint density at radius 1 is 1.17 bits per heavy atom. The predicted molar refractivity (Wildman–Crippen MR) is 76.3 cm³/mol. The number of halogens is 2. The van der Waals surface area contributed by atoms with Crippen molar-refractivity contribution in [2.75, 3.05) is 0 Å². The van der Waals surface area contributed by atoms with E-state index < -0.39 is 6.10 Å². The molecular weight excluding hydrogens is 316 g/mol. The zero-order valence-electron chi connectivity index (χ0n) is 9.73. The molecular formula is C14H12BrClO2. The molecule has 0 saturated heterocycles. The molecule has 2 nitrogen and oxygen atoms in total. The molecule has 0 radical (unpaired) electrons. The molecule has 1 atom stereocenters. The molecule has 0 aliphatic heterocycles. The van der Waals surface area contributed by atoms with Crippen molar-refractivity contribution in [2.24, 2.45) is 0 Å². The van der Waals surface area contributed by atoms with Gasteiger partial charge in [-0.25, -0.2) is 0 Å². The maximum absolute atomic E-state index is 9.71. The Bertz CT molecular complexity index is 555. The second-order valence-electron chi connectivity index (χ2n) is 3.89. The Morgan fingerprint density at radius 2 is 1.89 bits per heavy atom. The van der Waals surface area contributed by atoms with Crippen molar-refractivity contribution in [3.8, 4) is 11.5 Å². The van der Waals surface area contributed by atoms with Crippen molar-refractivity contribution in [2.45, 2.75) is 13.0 Å². The third-order valence-corrected chi connectivity index (χ3v) is 3.29. The van der Waals surface area contributed by atoms with Crippen LogP contribution in [0.5, 0.6) is 11.5 Å². The highest BCUT2D eigenvalue weighted by Crippen LogP contribution is 2.35. The van der Waals surface area contributed by atoms with Crippen molar-refractivity contribution in [3.05, 3.63) is 57.5 Å². The van der Waals surface area contributed by atoms with E-state index in [-0.39, 0.29) is 0 Å². The molecule has 0 fully saturated rings. The van der Waals surface area contributed by atoms with Gasteiger partial charge in [-0.15, -0.1) is 0 Å². The van der Waals surface area contributed by atoms with Gasteiger partial charge in [-0.1, -0.05) is 45.7 Å². The Balaban J connectivity index is 2.39. The quantitative estimate of drug-likeness (QED) is 0.864. The molecule has 2 aromatic carbocycles. The zero-order valence-corrected chi connectivity index (χ0v) is 12.1. The summed E-state index contributed by atoms with van der Waals surface area (Å²) in [6.45, 7) is 1.70. The maximum Gasteiger partial charge on any atom is 0.146 e. The lowest BCUT2D eigenvalue weighted by Crippen LogP contribution is -1.96. The first-order chi connectivity index (χ1) is 8.58. The summed E-state index contributed by atoms with van der Waals surface area (Å²) in [5, 5.41) is 10.3. The highest BCUT2D eigenvalue weighted by atomic mass is 79.9. The number of rotatable bonds is 3. The molecule has 0 heterocycles. The van der Waals surface area contributed by atoms with Gasteiger partial charge in [0.2, 0.25) is 0 Å². The minimum atomic E-state index is -0.601. The molecule has 0 aliphatic rings.